The molecule has 1 amide bonds. The Kier molecular flexibility index (Phi) is 6.48. The summed E-state index contributed by atoms with van der Waals surface area (Å²) in [5.74, 6) is -1.46. The molecule has 1 atom stereocenters. The molecule has 1 heterocycles. The summed E-state index contributed by atoms with van der Waals surface area (Å²) in [6.07, 6.45) is 0.724. The van der Waals surface area contributed by atoms with Gasteiger partial charge >= 0.3 is 5.97 Å². The maximum Gasteiger partial charge on any atom is 0.307 e. The highest BCUT2D eigenvalue weighted by atomic mass is 35.5. The number of anilines is 1. The molecule has 1 aliphatic rings. The van der Waals surface area contributed by atoms with E-state index in [9.17, 15) is 18.0 Å². The van der Waals surface area contributed by atoms with E-state index < -0.39 is 27.9 Å². The topological polar surface area (TPSA) is 104 Å². The molecule has 0 radical (unpaired) electrons. The fourth-order valence-corrected chi connectivity index (χ4v) is 5.65. The number of hydrogen-bond donors (Lipinski definition) is 2. The molecule has 2 aromatic carbocycles. The number of carbonyl (C=O) groups excluding carboxylic acids is 1. The molecular weight excluding hydrogens is 439 g/mol. The monoisotopic (exact) mass is 456 g/mol. The summed E-state index contributed by atoms with van der Waals surface area (Å²) in [5.41, 5.74) is 0.934. The van der Waals surface area contributed by atoms with Gasteiger partial charge in [-0.05, 0) is 48.7 Å². The number of amides is 1. The molecule has 0 spiro atoms. The molecule has 0 aliphatic carbocycles. The van der Waals surface area contributed by atoms with Gasteiger partial charge in [0.05, 0.1) is 11.3 Å². The summed E-state index contributed by atoms with van der Waals surface area (Å²) in [4.78, 5) is 23.6. The van der Waals surface area contributed by atoms with Gasteiger partial charge in [0.25, 0.3) is 0 Å². The normalized spacial score (nSPS) is 17.2. The van der Waals surface area contributed by atoms with Crippen LogP contribution in [-0.2, 0) is 26.0 Å². The predicted molar refractivity (Wildman–Crippen MR) is 110 cm³/mol. The minimum absolute atomic E-state index is 0.0712. The van der Waals surface area contributed by atoms with E-state index in [1.165, 1.54) is 18.2 Å². The molecule has 1 fully saturated rings. The van der Waals surface area contributed by atoms with Crippen LogP contribution in [0.1, 0.15) is 18.4 Å². The van der Waals surface area contributed by atoms with E-state index in [1.807, 2.05) is 0 Å². The fraction of sp³-hybridized carbons (Fsp3) is 0.263. The Labute approximate surface area is 178 Å². The van der Waals surface area contributed by atoms with Crippen LogP contribution in [0, 0.1) is 0 Å². The van der Waals surface area contributed by atoms with E-state index in [0.717, 1.165) is 4.31 Å². The van der Waals surface area contributed by atoms with Gasteiger partial charge < -0.3 is 10.4 Å². The Balaban J connectivity index is 1.81. The second kappa shape index (κ2) is 8.71. The molecule has 0 bridgehead atoms. The third-order valence-electron chi connectivity index (χ3n) is 4.50. The van der Waals surface area contributed by atoms with E-state index in [-0.39, 0.29) is 27.9 Å². The van der Waals surface area contributed by atoms with Crippen molar-refractivity contribution in [2.24, 2.45) is 0 Å². The number of carboxylic acids is 1. The van der Waals surface area contributed by atoms with Crippen molar-refractivity contribution >= 4 is 50.8 Å². The van der Waals surface area contributed by atoms with E-state index >= 15 is 0 Å². The van der Waals surface area contributed by atoms with Gasteiger partial charge in [-0.1, -0.05) is 35.3 Å². The van der Waals surface area contributed by atoms with Crippen LogP contribution in [0.2, 0.25) is 10.0 Å². The molecule has 0 aromatic heterocycles. The van der Waals surface area contributed by atoms with Crippen LogP contribution in [0.4, 0.5) is 5.69 Å². The zero-order valence-electron chi connectivity index (χ0n) is 15.1. The first-order valence-electron chi connectivity index (χ1n) is 8.76. The van der Waals surface area contributed by atoms with Gasteiger partial charge in [0, 0.05) is 22.3 Å². The van der Waals surface area contributed by atoms with E-state index in [0.29, 0.717) is 24.1 Å². The van der Waals surface area contributed by atoms with E-state index in [2.05, 4.69) is 5.32 Å². The lowest BCUT2D eigenvalue weighted by atomic mass is 10.1. The SMILES string of the molecule is O=C(O)Cc1cccc(NC(=O)[C@@H]2CCCN2S(=O)(=O)c2cc(Cl)cc(Cl)c2)c1. The summed E-state index contributed by atoms with van der Waals surface area (Å²) in [5, 5.41) is 12.0. The lowest BCUT2D eigenvalue weighted by Crippen LogP contribution is -2.43. The van der Waals surface area contributed by atoms with Crippen molar-refractivity contribution < 1.29 is 23.1 Å². The second-order valence-electron chi connectivity index (χ2n) is 6.64. The first-order valence-corrected chi connectivity index (χ1v) is 11.0. The Morgan fingerprint density at radius 3 is 2.48 bits per heavy atom. The molecule has 7 nitrogen and oxygen atoms in total. The van der Waals surface area contributed by atoms with Crippen molar-refractivity contribution in [2.75, 3.05) is 11.9 Å². The molecule has 1 saturated heterocycles. The summed E-state index contributed by atoms with van der Waals surface area (Å²) in [6, 6.07) is 9.58. The third kappa shape index (κ3) is 5.08. The quantitative estimate of drug-likeness (QED) is 0.692. The highest BCUT2D eigenvalue weighted by Crippen LogP contribution is 2.30. The first kappa shape index (κ1) is 21.6. The third-order valence-corrected chi connectivity index (χ3v) is 6.82. The maximum absolute atomic E-state index is 13.0. The van der Waals surface area contributed by atoms with Crippen molar-refractivity contribution in [3.05, 3.63) is 58.1 Å². The van der Waals surface area contributed by atoms with Gasteiger partial charge in [0.1, 0.15) is 6.04 Å². The Bertz CT molecular complexity index is 1040. The number of hydrogen-bond acceptors (Lipinski definition) is 4. The van der Waals surface area contributed by atoms with Crippen molar-refractivity contribution in [2.45, 2.75) is 30.2 Å². The van der Waals surface area contributed by atoms with Crippen LogP contribution < -0.4 is 5.32 Å². The Morgan fingerprint density at radius 2 is 1.83 bits per heavy atom. The molecular formula is C19H18Cl2N2O5S. The van der Waals surface area contributed by atoms with E-state index in [1.54, 1.807) is 24.3 Å². The molecule has 1 aliphatic heterocycles. The van der Waals surface area contributed by atoms with Crippen LogP contribution in [0.5, 0.6) is 0 Å². The summed E-state index contributed by atoms with van der Waals surface area (Å²) in [6.45, 7) is 0.198. The second-order valence-corrected chi connectivity index (χ2v) is 9.40. The number of nitrogens with one attached hydrogen (secondary N) is 1. The lowest BCUT2D eigenvalue weighted by molar-refractivity contribution is -0.136. The minimum Gasteiger partial charge on any atom is -0.481 e. The van der Waals surface area contributed by atoms with Gasteiger partial charge in [0.15, 0.2) is 0 Å². The zero-order chi connectivity index (χ0) is 21.2. The minimum atomic E-state index is -3.97. The molecule has 2 aromatic rings. The van der Waals surface area contributed by atoms with Crippen LogP contribution in [0.15, 0.2) is 47.4 Å². The van der Waals surface area contributed by atoms with Gasteiger partial charge in [-0.15, -0.1) is 0 Å². The van der Waals surface area contributed by atoms with Crippen LogP contribution in [0.25, 0.3) is 0 Å². The van der Waals surface area contributed by atoms with Crippen LogP contribution >= 0.6 is 23.2 Å². The summed E-state index contributed by atoms with van der Waals surface area (Å²) >= 11 is 11.9. The standard InChI is InChI=1S/C19H18Cl2N2O5S/c20-13-9-14(21)11-16(10-13)29(27,28)23-6-2-5-17(23)19(26)22-15-4-1-3-12(7-15)8-18(24)25/h1,3-4,7,9-11,17H,2,5-6,8H2,(H,22,26)(H,24,25)/t17-/m0/s1. The zero-order valence-corrected chi connectivity index (χ0v) is 17.5. The van der Waals surface area contributed by atoms with Gasteiger partial charge in [-0.3, -0.25) is 9.59 Å². The average Bonchev–Trinajstić information content (AvgIpc) is 3.11. The number of nitrogens with zero attached hydrogens (tertiary/aromatic N) is 1. The largest absolute Gasteiger partial charge is 0.481 e. The summed E-state index contributed by atoms with van der Waals surface area (Å²) in [7, 11) is -3.97. The molecule has 0 saturated carbocycles. The number of halogens is 2. The lowest BCUT2D eigenvalue weighted by Gasteiger charge is -2.23. The molecule has 29 heavy (non-hydrogen) atoms. The highest BCUT2D eigenvalue weighted by molar-refractivity contribution is 7.89. The smallest absolute Gasteiger partial charge is 0.307 e. The number of carboxylic acid groups (broad SMARTS) is 1. The van der Waals surface area contributed by atoms with Crippen molar-refractivity contribution in [1.82, 2.24) is 4.31 Å². The number of sulfonamides is 1. The molecule has 2 N–H and O–H groups in total. The Hall–Kier alpha value is -2.13. The predicted octanol–water partition coefficient (Wildman–Crippen LogP) is 3.41. The molecule has 0 unspecified atom stereocenters. The van der Waals surface area contributed by atoms with Gasteiger partial charge in [0.2, 0.25) is 15.9 Å². The fourth-order valence-electron chi connectivity index (χ4n) is 3.26. The maximum atomic E-state index is 13.0. The average molecular weight is 457 g/mol. The van der Waals surface area contributed by atoms with Gasteiger partial charge in [-0.2, -0.15) is 4.31 Å². The van der Waals surface area contributed by atoms with Gasteiger partial charge in [-0.25, -0.2) is 8.42 Å². The molecule has 10 heteroatoms. The molecule has 3 rings (SSSR count). The van der Waals surface area contributed by atoms with Crippen molar-refractivity contribution in [1.29, 1.82) is 0 Å². The first-order chi connectivity index (χ1) is 13.7. The molecule has 154 valence electrons. The number of carbonyl (C=O) groups is 2. The van der Waals surface area contributed by atoms with Crippen molar-refractivity contribution in [3.63, 3.8) is 0 Å². The van der Waals surface area contributed by atoms with E-state index in [4.69, 9.17) is 28.3 Å². The van der Waals surface area contributed by atoms with Crippen LogP contribution in [0.3, 0.4) is 0 Å². The Morgan fingerprint density at radius 1 is 1.14 bits per heavy atom. The number of aliphatic carboxylic acids is 1. The van der Waals surface area contributed by atoms with Crippen molar-refractivity contribution in [3.8, 4) is 0 Å². The van der Waals surface area contributed by atoms with Crippen LogP contribution in [-0.4, -0.2) is 42.3 Å². The number of rotatable bonds is 6. The summed E-state index contributed by atoms with van der Waals surface area (Å²) < 4.78 is 27.2. The highest BCUT2D eigenvalue weighted by Gasteiger charge is 2.39. The number of benzene rings is 2.